The Hall–Kier alpha value is -12.2. The third-order valence-corrected chi connectivity index (χ3v) is 22.6. The number of rotatable bonds is 0. The molecule has 12 aromatic heterocycles. The SMILES string of the molecule is Cc1cc2n(n1)C13c4c(ccc5c6c[n+](C)cc6c6cccn1c6c45)Oc1cccc-2[n+]13.Cc1cc2n(n1)C13c4c(ccc5c6cocc6c6ccc[n+]1c6c45)Oc1cccc-2[n+]13.Cc1cc2n(n1)C13c4c(ccc5c6cscc6c6ccc[n+]1c6c45)Oc1cccc-2[n+]13. The number of nitrogens with zero attached hydrogens (tertiary/aromatic N) is 13. The fourth-order valence-electron chi connectivity index (χ4n) is 18.9. The molecule has 0 saturated carbocycles. The van der Waals surface area contributed by atoms with Gasteiger partial charge < -0.3 is 18.6 Å². The second-order valence-corrected chi connectivity index (χ2v) is 27.1. The van der Waals surface area contributed by atoms with E-state index in [9.17, 15) is 0 Å². The van der Waals surface area contributed by atoms with Crippen molar-refractivity contribution in [1.82, 2.24) is 33.9 Å². The smallest absolute Gasteiger partial charge is 0.471 e. The van der Waals surface area contributed by atoms with E-state index in [1.807, 2.05) is 18.6 Å². The van der Waals surface area contributed by atoms with Crippen LogP contribution in [0.15, 0.2) is 204 Å². The topological polar surface area (TPSA) is 122 Å². The molecule has 0 bridgehead atoms. The molecule has 17 nitrogen and oxygen atoms in total. The molecule has 6 aromatic carbocycles. The Morgan fingerprint density at radius 2 is 0.894 bits per heavy atom. The van der Waals surface area contributed by atoms with E-state index in [1.54, 1.807) is 11.3 Å². The lowest BCUT2D eigenvalue weighted by atomic mass is 9.95. The highest BCUT2D eigenvalue weighted by Crippen LogP contribution is 2.58. The van der Waals surface area contributed by atoms with Crippen molar-refractivity contribution < 1.29 is 46.0 Å². The molecule has 3 spiro atoms. The van der Waals surface area contributed by atoms with Crippen LogP contribution in [-0.4, -0.2) is 33.9 Å². The number of hydrogen-bond donors (Lipinski definition) is 0. The summed E-state index contributed by atoms with van der Waals surface area (Å²) in [6.45, 7) is 6.19. The maximum atomic E-state index is 6.53. The van der Waals surface area contributed by atoms with Crippen molar-refractivity contribution in [1.29, 1.82) is 0 Å². The maximum absolute atomic E-state index is 6.53. The zero-order valence-electron chi connectivity index (χ0n) is 50.4. The number of fused-ring (bicyclic) bond motifs is 15. The Labute approximate surface area is 533 Å². The molecule has 3 atom stereocenters. The van der Waals surface area contributed by atoms with Crippen LogP contribution in [0, 0.1) is 20.8 Å². The van der Waals surface area contributed by atoms with Crippen LogP contribution in [0.2, 0.25) is 0 Å². The lowest BCUT2D eigenvalue weighted by Gasteiger charge is -2.30. The second kappa shape index (κ2) is 15.1. The first-order valence-electron chi connectivity index (χ1n) is 31.7. The van der Waals surface area contributed by atoms with Gasteiger partial charge in [0.25, 0.3) is 0 Å². The minimum absolute atomic E-state index is 0.632. The lowest BCUT2D eigenvalue weighted by Crippen LogP contribution is -2.75. The summed E-state index contributed by atoms with van der Waals surface area (Å²) in [5.41, 5.74) is 16.9. The van der Waals surface area contributed by atoms with Crippen molar-refractivity contribution in [2.75, 3.05) is 0 Å². The van der Waals surface area contributed by atoms with Crippen LogP contribution in [0.5, 0.6) is 34.9 Å². The molecule has 0 fully saturated rings. The van der Waals surface area contributed by atoms with Gasteiger partial charge in [-0.3, -0.25) is 4.57 Å². The van der Waals surface area contributed by atoms with Crippen LogP contribution >= 0.6 is 11.3 Å². The van der Waals surface area contributed by atoms with Crippen LogP contribution in [0.1, 0.15) is 33.8 Å². The molecule has 438 valence electrons. The summed E-state index contributed by atoms with van der Waals surface area (Å²) in [7, 11) is 2.09. The van der Waals surface area contributed by atoms with Crippen molar-refractivity contribution in [2.24, 2.45) is 7.05 Å². The predicted octanol–water partition coefficient (Wildman–Crippen LogP) is 12.1. The van der Waals surface area contributed by atoms with Gasteiger partial charge in [-0.1, -0.05) is 15.2 Å². The van der Waals surface area contributed by atoms with E-state index in [0.717, 1.165) is 102 Å². The molecule has 21 heterocycles. The van der Waals surface area contributed by atoms with Gasteiger partial charge in [-0.2, -0.15) is 31.3 Å². The Kier molecular flexibility index (Phi) is 7.66. The molecular formula is C76H45N13O4S+6. The largest absolute Gasteiger partial charge is 0.504 e. The van der Waals surface area contributed by atoms with E-state index in [4.69, 9.17) is 33.9 Å². The van der Waals surface area contributed by atoms with Crippen LogP contribution in [0.3, 0.4) is 0 Å². The van der Waals surface area contributed by atoms with Crippen molar-refractivity contribution in [2.45, 2.75) is 38.1 Å². The molecule has 27 rings (SSSR count). The fourth-order valence-corrected chi connectivity index (χ4v) is 19.7. The molecule has 94 heavy (non-hydrogen) atoms. The first-order chi connectivity index (χ1) is 46.2. The van der Waals surface area contributed by atoms with Crippen molar-refractivity contribution >= 4 is 109 Å². The summed E-state index contributed by atoms with van der Waals surface area (Å²) in [4.78, 5) is 0. The van der Waals surface area contributed by atoms with Crippen LogP contribution in [-0.2, 0) is 24.4 Å². The van der Waals surface area contributed by atoms with Gasteiger partial charge in [0.15, 0.2) is 47.4 Å². The summed E-state index contributed by atoms with van der Waals surface area (Å²) < 4.78 is 48.1. The Bertz CT molecular complexity index is 6610. The summed E-state index contributed by atoms with van der Waals surface area (Å²) in [6, 6.07) is 51.4. The van der Waals surface area contributed by atoms with Crippen molar-refractivity contribution in [3.8, 4) is 69.1 Å². The molecule has 0 aliphatic carbocycles. The summed E-state index contributed by atoms with van der Waals surface area (Å²) in [5, 5.41) is 38.2. The van der Waals surface area contributed by atoms with E-state index >= 15 is 0 Å². The van der Waals surface area contributed by atoms with Crippen LogP contribution in [0.25, 0.3) is 132 Å². The Morgan fingerprint density at radius 3 is 1.49 bits per heavy atom. The number of aryl methyl sites for hydroxylation is 4. The first kappa shape index (κ1) is 47.8. The Morgan fingerprint density at radius 1 is 0.426 bits per heavy atom. The van der Waals surface area contributed by atoms with Crippen LogP contribution < -0.4 is 41.6 Å². The fraction of sp³-hybridized carbons (Fsp3) is 0.0921. The minimum atomic E-state index is -0.666. The quantitative estimate of drug-likeness (QED) is 0.109. The number of hydrogen-bond acceptors (Lipinski definition) is 8. The van der Waals surface area contributed by atoms with Gasteiger partial charge >= 0.3 is 35.0 Å². The van der Waals surface area contributed by atoms with E-state index in [2.05, 4.69) is 255 Å². The zero-order chi connectivity index (χ0) is 61.0. The standard InChI is InChI=1S/C26H17N5O.C25H14N4O2.C25H14N4OS/c1-14-11-20-19-6-3-7-22-30(19)26(31(20)27-14)24-21(32-22)9-8-15-17-12-28(2)13-18(17)16-5-4-10-29(26)25(16)23(15)24;1-13-10-19-18-5-2-6-21-28(18)25(29(19)26-13)23-20(31-21)8-7-14-16-11-30-12-17(16)15-4-3-9-27(25)24(15)22(14)23;1-13-10-19-18-5-2-6-21-28(18)25(29(19)26-13)23-20(30-21)8-7-14-16-11-31-12-17(16)15-4-3-9-27(25)24(15)22(14)23/h3-13H,1-2H3;2*2-12H,1H3/q3*+2. The number of thiophene rings is 1. The number of pyridine rings is 6. The third kappa shape index (κ3) is 4.76. The van der Waals surface area contributed by atoms with Gasteiger partial charge in [0, 0.05) is 74.2 Å². The number of benzene rings is 6. The molecular weight excluding hydrogens is 1190 g/mol. The number of ether oxygens (including phenoxy) is 3. The number of furan rings is 1. The third-order valence-electron chi connectivity index (χ3n) is 21.8. The highest BCUT2D eigenvalue weighted by molar-refractivity contribution is 7.09. The van der Waals surface area contributed by atoms with Gasteiger partial charge in [-0.25, -0.2) is 4.57 Å². The molecule has 18 heteroatoms. The summed E-state index contributed by atoms with van der Waals surface area (Å²) in [5.74, 6) is 3.23. The van der Waals surface area contributed by atoms with Gasteiger partial charge in [-0.15, -0.1) is 23.1 Å². The average Bonchev–Trinajstić information content (AvgIpc) is 1.49. The molecule has 0 saturated heterocycles. The maximum Gasteiger partial charge on any atom is 0.504 e. The van der Waals surface area contributed by atoms with Crippen LogP contribution in [0.4, 0.5) is 0 Å². The molecule has 0 amide bonds. The second-order valence-electron chi connectivity index (χ2n) is 26.4. The average molecular weight is 1240 g/mol. The molecule has 0 radical (unpaired) electrons. The van der Waals surface area contributed by atoms with Gasteiger partial charge in [0.2, 0.25) is 28.1 Å². The molecule has 3 unspecified atom stereocenters. The normalized spacial score (nSPS) is 18.8. The van der Waals surface area contributed by atoms with E-state index < -0.39 is 17.4 Å². The molecule has 0 N–H and O–H groups in total. The van der Waals surface area contributed by atoms with Crippen molar-refractivity contribution in [3.63, 3.8) is 0 Å². The summed E-state index contributed by atoms with van der Waals surface area (Å²) >= 11 is 1.76. The zero-order valence-corrected chi connectivity index (χ0v) is 51.2. The first-order valence-corrected chi connectivity index (χ1v) is 32.6. The lowest BCUT2D eigenvalue weighted by molar-refractivity contribution is -0.970. The van der Waals surface area contributed by atoms with Gasteiger partial charge in [0.05, 0.1) is 85.6 Å². The Balaban J connectivity index is 0.0000000855. The number of aromatic nitrogens is 13. The minimum Gasteiger partial charge on any atom is -0.471 e. The van der Waals surface area contributed by atoms with Crippen molar-refractivity contribution in [3.05, 3.63) is 234 Å². The molecule has 9 aliphatic heterocycles. The van der Waals surface area contributed by atoms with E-state index in [-0.39, 0.29) is 0 Å². The van der Waals surface area contributed by atoms with Gasteiger partial charge in [0.1, 0.15) is 35.4 Å². The highest BCUT2D eigenvalue weighted by atomic mass is 32.1. The monoisotopic (exact) mass is 1240 g/mol. The van der Waals surface area contributed by atoms with E-state index in [0.29, 0.717) is 0 Å². The van der Waals surface area contributed by atoms with E-state index in [1.165, 1.54) is 97.7 Å². The predicted molar refractivity (Wildman–Crippen MR) is 348 cm³/mol. The summed E-state index contributed by atoms with van der Waals surface area (Å²) in [6.07, 6.45) is 14.7. The molecule has 18 aromatic rings. The molecule has 9 aliphatic rings. The van der Waals surface area contributed by atoms with Gasteiger partial charge in [-0.05, 0) is 133 Å². The highest BCUT2D eigenvalue weighted by Gasteiger charge is 2.74.